The highest BCUT2D eigenvalue weighted by atomic mass is 79.9. The van der Waals surface area contributed by atoms with Gasteiger partial charge in [-0.2, -0.15) is 0 Å². The van der Waals surface area contributed by atoms with Gasteiger partial charge in [-0.3, -0.25) is 29.0 Å². The molecule has 218 valence electrons. The number of imide groups is 2. The second-order valence-corrected chi connectivity index (χ2v) is 12.5. The molecule has 2 aromatic rings. The molecular formula is C29H23BrCl2N2O8. The second kappa shape index (κ2) is 9.82. The van der Waals surface area contributed by atoms with Crippen molar-refractivity contribution in [3.05, 3.63) is 65.2 Å². The van der Waals surface area contributed by atoms with E-state index in [-0.39, 0.29) is 46.6 Å². The Labute approximate surface area is 257 Å². The van der Waals surface area contributed by atoms with Crippen LogP contribution >= 0.6 is 39.1 Å². The van der Waals surface area contributed by atoms with Crippen molar-refractivity contribution in [1.29, 1.82) is 0 Å². The molecule has 3 fully saturated rings. The number of alkyl halides is 3. The fourth-order valence-corrected chi connectivity index (χ4v) is 8.51. The Hall–Kier alpha value is -3.41. The summed E-state index contributed by atoms with van der Waals surface area (Å²) < 4.78 is 5.55. The molecule has 2 aliphatic carbocycles. The molecule has 1 saturated carbocycles. The monoisotopic (exact) mass is 676 g/mol. The number of hydrogen-bond donors (Lipinski definition) is 2. The number of phenolic OH excluding ortho intramolecular Hbond substituents is 1. The maximum absolute atomic E-state index is 14.1. The number of anilines is 1. The highest BCUT2D eigenvalue weighted by Crippen LogP contribution is 2.67. The number of benzene rings is 2. The van der Waals surface area contributed by atoms with Crippen LogP contribution in [0, 0.1) is 17.8 Å². The first-order valence-electron chi connectivity index (χ1n) is 13.0. The minimum Gasteiger partial charge on any atom is -0.508 e. The molecule has 2 saturated heterocycles. The van der Waals surface area contributed by atoms with Gasteiger partial charge < -0.3 is 14.9 Å². The smallest absolute Gasteiger partial charge is 0.335 e. The van der Waals surface area contributed by atoms with E-state index in [0.717, 1.165) is 9.80 Å². The minimum atomic E-state index is -2.10. The summed E-state index contributed by atoms with van der Waals surface area (Å²) in [5, 5.41) is 20.5. The van der Waals surface area contributed by atoms with Crippen molar-refractivity contribution in [3.8, 4) is 11.5 Å². The lowest BCUT2D eigenvalue weighted by Crippen LogP contribution is -2.60. The van der Waals surface area contributed by atoms with E-state index in [1.165, 1.54) is 37.4 Å². The van der Waals surface area contributed by atoms with Crippen molar-refractivity contribution in [1.82, 2.24) is 4.90 Å². The lowest BCUT2D eigenvalue weighted by molar-refractivity contribution is -0.138. The van der Waals surface area contributed by atoms with Gasteiger partial charge in [0.25, 0.3) is 11.8 Å². The largest absolute Gasteiger partial charge is 0.508 e. The number of carbonyl (C=O) groups excluding carboxylic acids is 4. The van der Waals surface area contributed by atoms with Gasteiger partial charge in [-0.05, 0) is 49.1 Å². The zero-order valence-electron chi connectivity index (χ0n) is 21.9. The van der Waals surface area contributed by atoms with E-state index in [2.05, 4.69) is 15.9 Å². The molecule has 6 atom stereocenters. The molecule has 4 aliphatic rings. The van der Waals surface area contributed by atoms with Gasteiger partial charge >= 0.3 is 5.97 Å². The van der Waals surface area contributed by atoms with Crippen molar-refractivity contribution in [2.45, 2.75) is 28.5 Å². The highest BCUT2D eigenvalue weighted by molar-refractivity contribution is 9.09. The molecule has 2 N–H and O–H groups in total. The third-order valence-corrected chi connectivity index (χ3v) is 10.8. The van der Waals surface area contributed by atoms with E-state index < -0.39 is 63.0 Å². The normalized spacial score (nSPS) is 32.0. The van der Waals surface area contributed by atoms with Gasteiger partial charge in [-0.15, -0.1) is 23.2 Å². The summed E-state index contributed by atoms with van der Waals surface area (Å²) in [5.41, 5.74) is 0.458. The van der Waals surface area contributed by atoms with E-state index in [9.17, 15) is 34.2 Å². The molecule has 4 amide bonds. The first kappa shape index (κ1) is 28.7. The molecule has 0 radical (unpaired) electrons. The lowest BCUT2D eigenvalue weighted by atomic mass is 9.56. The molecule has 13 heteroatoms. The van der Waals surface area contributed by atoms with Crippen LogP contribution in [0.25, 0.3) is 0 Å². The Morgan fingerprint density at radius 2 is 1.79 bits per heavy atom. The van der Waals surface area contributed by atoms with Crippen LogP contribution in [-0.2, 0) is 19.2 Å². The van der Waals surface area contributed by atoms with Gasteiger partial charge in [-0.25, -0.2) is 4.79 Å². The number of aromatic hydroxyl groups is 1. The van der Waals surface area contributed by atoms with Crippen LogP contribution in [0.1, 0.15) is 34.7 Å². The zero-order chi connectivity index (χ0) is 30.3. The van der Waals surface area contributed by atoms with Gasteiger partial charge in [0.05, 0.1) is 35.7 Å². The van der Waals surface area contributed by atoms with Crippen molar-refractivity contribution in [3.63, 3.8) is 0 Å². The number of hydrogen-bond acceptors (Lipinski definition) is 7. The van der Waals surface area contributed by atoms with Crippen molar-refractivity contribution >= 4 is 74.4 Å². The summed E-state index contributed by atoms with van der Waals surface area (Å²) >= 11 is 17.6. The van der Waals surface area contributed by atoms with E-state index in [1.807, 2.05) is 0 Å². The van der Waals surface area contributed by atoms with Crippen LogP contribution < -0.4 is 9.64 Å². The molecule has 2 aromatic carbocycles. The average Bonchev–Trinajstić information content (AvgIpc) is 3.31. The van der Waals surface area contributed by atoms with Gasteiger partial charge in [0.1, 0.15) is 11.5 Å². The van der Waals surface area contributed by atoms with E-state index in [0.29, 0.717) is 5.57 Å². The number of amides is 4. The van der Waals surface area contributed by atoms with Gasteiger partial charge in [0.15, 0.2) is 9.75 Å². The predicted molar refractivity (Wildman–Crippen MR) is 154 cm³/mol. The van der Waals surface area contributed by atoms with Crippen molar-refractivity contribution in [2.24, 2.45) is 17.8 Å². The Bertz CT molecular complexity index is 1630. The summed E-state index contributed by atoms with van der Waals surface area (Å²) in [5.74, 6) is -7.71. The SMILES string of the molecule is COc1cccc(O)c1[C@H]1C2=CC[C@@H]3C(=O)N(c4cccc(C(=O)O)c4)C(=O)[C@@H]3[C@@H]2C[C@@]2(Cl)C(=O)N(CBr)C(=O)[C@@]12Cl. The van der Waals surface area contributed by atoms with Gasteiger partial charge in [-0.1, -0.05) is 39.7 Å². The van der Waals surface area contributed by atoms with Gasteiger partial charge in [0.2, 0.25) is 11.8 Å². The highest BCUT2D eigenvalue weighted by Gasteiger charge is 2.76. The van der Waals surface area contributed by atoms with Crippen LogP contribution in [0.5, 0.6) is 11.5 Å². The quantitative estimate of drug-likeness (QED) is 0.209. The average molecular weight is 678 g/mol. The van der Waals surface area contributed by atoms with E-state index in [4.69, 9.17) is 27.9 Å². The predicted octanol–water partition coefficient (Wildman–Crippen LogP) is 4.01. The Kier molecular flexibility index (Phi) is 6.71. The third-order valence-electron chi connectivity index (χ3n) is 8.92. The van der Waals surface area contributed by atoms with Crippen LogP contribution in [0.15, 0.2) is 54.1 Å². The van der Waals surface area contributed by atoms with E-state index >= 15 is 0 Å². The first-order valence-corrected chi connectivity index (χ1v) is 14.9. The molecule has 10 nitrogen and oxygen atoms in total. The fraction of sp³-hybridized carbons (Fsp3) is 0.345. The molecule has 0 unspecified atom stereocenters. The van der Waals surface area contributed by atoms with Gasteiger partial charge in [0, 0.05) is 11.5 Å². The molecular weight excluding hydrogens is 655 g/mol. The van der Waals surface area contributed by atoms with Crippen molar-refractivity contribution in [2.75, 3.05) is 17.5 Å². The maximum Gasteiger partial charge on any atom is 0.335 e. The molecule has 0 spiro atoms. The number of allylic oxidation sites excluding steroid dienone is 2. The fourth-order valence-electron chi connectivity index (χ4n) is 7.10. The number of rotatable bonds is 5. The Morgan fingerprint density at radius 3 is 2.45 bits per heavy atom. The number of nitrogens with zero attached hydrogens (tertiary/aromatic N) is 2. The summed E-state index contributed by atoms with van der Waals surface area (Å²) in [6.45, 7) is 0. The second-order valence-electron chi connectivity index (χ2n) is 10.7. The standard InChI is InChI=1S/C29H23BrCl2N2O8/c1-42-19-7-3-6-18(35)21(19)22-15-8-9-16-20(17(15)11-28(31)26(40)33(12-30)27(41)29(22,28)32)24(37)34(23(16)36)14-5-2-4-13(10-14)25(38)39/h2-8,10,16-17,20,22,35H,9,11-12H2,1H3,(H,38,39)/t16-,17+,20-,22+,28+,29-/m0/s1. The number of aromatic carboxylic acids is 1. The minimum absolute atomic E-state index is 0.0947. The zero-order valence-corrected chi connectivity index (χ0v) is 25.0. The Balaban J connectivity index is 1.54. The number of likely N-dealkylation sites (tertiary alicyclic amines) is 1. The number of methoxy groups -OCH3 is 1. The van der Waals surface area contributed by atoms with Crippen LogP contribution in [0.2, 0.25) is 0 Å². The number of ether oxygens (including phenoxy) is 1. The van der Waals surface area contributed by atoms with Crippen LogP contribution in [0.3, 0.4) is 0 Å². The number of fused-ring (bicyclic) bond motifs is 4. The molecule has 42 heavy (non-hydrogen) atoms. The summed E-state index contributed by atoms with van der Waals surface area (Å²) in [4.78, 5) is 64.7. The van der Waals surface area contributed by atoms with Crippen LogP contribution in [0.4, 0.5) is 5.69 Å². The number of carboxylic acid groups (broad SMARTS) is 1. The summed E-state index contributed by atoms with van der Waals surface area (Å²) in [6.07, 6.45) is 1.61. The molecule has 0 aromatic heterocycles. The number of phenols is 1. The lowest BCUT2D eigenvalue weighted by Gasteiger charge is -2.50. The third kappa shape index (κ3) is 3.59. The molecule has 2 aliphatic heterocycles. The van der Waals surface area contributed by atoms with Crippen LogP contribution in [-0.4, -0.2) is 67.0 Å². The topological polar surface area (TPSA) is 142 Å². The number of carbonyl (C=O) groups is 5. The summed E-state index contributed by atoms with van der Waals surface area (Å²) in [7, 11) is 1.38. The first-order chi connectivity index (χ1) is 19.9. The molecule has 2 heterocycles. The van der Waals surface area contributed by atoms with E-state index in [1.54, 1.807) is 18.2 Å². The number of carboxylic acids is 1. The molecule has 0 bridgehead atoms. The summed E-state index contributed by atoms with van der Waals surface area (Å²) in [6, 6.07) is 10.0. The Morgan fingerprint density at radius 1 is 1.07 bits per heavy atom. The molecule has 6 rings (SSSR count). The number of halogens is 3. The maximum atomic E-state index is 14.1. The van der Waals surface area contributed by atoms with Crippen molar-refractivity contribution < 1.29 is 38.9 Å².